The fourth-order valence-electron chi connectivity index (χ4n) is 2.37. The highest BCUT2D eigenvalue weighted by Gasteiger charge is 2.12. The maximum absolute atomic E-state index is 5.83. The van der Waals surface area contributed by atoms with Gasteiger partial charge in [0.1, 0.15) is 5.82 Å². The molecule has 0 bridgehead atoms. The van der Waals surface area contributed by atoms with Crippen LogP contribution in [0.4, 0.5) is 5.82 Å². The van der Waals surface area contributed by atoms with E-state index in [-0.39, 0.29) is 0 Å². The molecule has 0 radical (unpaired) electrons. The summed E-state index contributed by atoms with van der Waals surface area (Å²) in [6, 6.07) is 8.36. The molecule has 19 heavy (non-hydrogen) atoms. The summed E-state index contributed by atoms with van der Waals surface area (Å²) in [6.07, 6.45) is 2.32. The lowest BCUT2D eigenvalue weighted by Gasteiger charge is -2.15. The Morgan fingerprint density at radius 1 is 1.26 bits per heavy atom. The van der Waals surface area contributed by atoms with Gasteiger partial charge in [-0.15, -0.1) is 0 Å². The van der Waals surface area contributed by atoms with Gasteiger partial charge in [-0.25, -0.2) is 0 Å². The van der Waals surface area contributed by atoms with E-state index in [1.165, 1.54) is 5.56 Å². The molecule has 0 aliphatic rings. The molecule has 2 aromatic rings. The molecule has 0 unspecified atom stereocenters. The number of aromatic nitrogens is 2. The van der Waals surface area contributed by atoms with Gasteiger partial charge in [0.15, 0.2) is 0 Å². The molecule has 0 fully saturated rings. The molecule has 0 saturated heterocycles. The first-order chi connectivity index (χ1) is 9.06. The van der Waals surface area contributed by atoms with Crippen LogP contribution in [0.2, 0.25) is 0 Å². The van der Waals surface area contributed by atoms with Crippen LogP contribution in [0.15, 0.2) is 28.7 Å². The lowest BCUT2D eigenvalue weighted by Crippen LogP contribution is -1.97. The lowest BCUT2D eigenvalue weighted by molar-refractivity contribution is 0.639. The van der Waals surface area contributed by atoms with Gasteiger partial charge in [-0.2, -0.15) is 5.10 Å². The summed E-state index contributed by atoms with van der Waals surface area (Å²) >= 11 is 3.69. The highest BCUT2D eigenvalue weighted by atomic mass is 79.9. The number of nitrogens with two attached hydrogens (primary N) is 1. The minimum Gasteiger partial charge on any atom is -0.384 e. The summed E-state index contributed by atoms with van der Waals surface area (Å²) in [5, 5.41) is 4.41. The number of aryl methyl sites for hydroxylation is 1. The Morgan fingerprint density at radius 3 is 2.42 bits per heavy atom. The monoisotopic (exact) mass is 321 g/mol. The molecule has 1 heterocycles. The van der Waals surface area contributed by atoms with Crippen molar-refractivity contribution in [3.63, 3.8) is 0 Å². The van der Waals surface area contributed by atoms with Gasteiger partial charge >= 0.3 is 0 Å². The molecule has 3 nitrogen and oxygen atoms in total. The maximum atomic E-state index is 5.83. The fraction of sp³-hybridized carbons (Fsp3) is 0.400. The number of nitrogen functional groups attached to an aromatic ring is 1. The number of hydrogen-bond donors (Lipinski definition) is 1. The summed E-state index contributed by atoms with van der Waals surface area (Å²) < 4.78 is 2.85. The number of nitrogens with zero attached hydrogens (tertiary/aromatic N) is 2. The Hall–Kier alpha value is -1.29. The first kappa shape index (κ1) is 14.1. The number of anilines is 1. The number of benzene rings is 1. The smallest absolute Gasteiger partial charge is 0.121 e. The van der Waals surface area contributed by atoms with Gasteiger partial charge in [0, 0.05) is 23.2 Å². The predicted molar refractivity (Wildman–Crippen MR) is 84.1 cm³/mol. The molecule has 0 saturated carbocycles. The van der Waals surface area contributed by atoms with Crippen molar-refractivity contribution in [3.8, 4) is 11.3 Å². The number of rotatable bonds is 4. The number of hydrogen-bond acceptors (Lipinski definition) is 2. The van der Waals surface area contributed by atoms with Gasteiger partial charge in [-0.05, 0) is 30.4 Å². The van der Waals surface area contributed by atoms with E-state index >= 15 is 0 Å². The Balaban J connectivity index is 2.38. The van der Waals surface area contributed by atoms with E-state index in [1.807, 2.05) is 13.1 Å². The third-order valence-electron chi connectivity index (χ3n) is 3.64. The van der Waals surface area contributed by atoms with E-state index in [0.717, 1.165) is 28.6 Å². The standard InChI is InChI=1S/C15H20BrN3/c1-4-10(5-2)12-7-6-11(8-13(12)16)14-9-15(17)19(3)18-14/h6-10H,4-5,17H2,1-3H3. The van der Waals surface area contributed by atoms with Crippen molar-refractivity contribution < 1.29 is 0 Å². The minimum absolute atomic E-state index is 0.609. The highest BCUT2D eigenvalue weighted by molar-refractivity contribution is 9.10. The lowest BCUT2D eigenvalue weighted by atomic mass is 9.93. The van der Waals surface area contributed by atoms with Gasteiger partial charge in [-0.3, -0.25) is 4.68 Å². The quantitative estimate of drug-likeness (QED) is 0.910. The van der Waals surface area contributed by atoms with Crippen LogP contribution in [0.5, 0.6) is 0 Å². The van der Waals surface area contributed by atoms with Crippen LogP contribution in [-0.2, 0) is 7.05 Å². The van der Waals surface area contributed by atoms with Crippen LogP contribution in [0.3, 0.4) is 0 Å². The second-order valence-electron chi connectivity index (χ2n) is 4.83. The van der Waals surface area contributed by atoms with E-state index in [1.54, 1.807) is 4.68 Å². The van der Waals surface area contributed by atoms with Gasteiger partial charge in [0.2, 0.25) is 0 Å². The van der Waals surface area contributed by atoms with Crippen molar-refractivity contribution in [1.29, 1.82) is 0 Å². The molecular weight excluding hydrogens is 302 g/mol. The van der Waals surface area contributed by atoms with Crippen LogP contribution in [0.25, 0.3) is 11.3 Å². The van der Waals surface area contributed by atoms with E-state index in [2.05, 4.69) is 53.1 Å². The molecular formula is C15H20BrN3. The van der Waals surface area contributed by atoms with Crippen molar-refractivity contribution >= 4 is 21.7 Å². The summed E-state index contributed by atoms with van der Waals surface area (Å²) in [6.45, 7) is 4.46. The first-order valence-electron chi connectivity index (χ1n) is 6.66. The highest BCUT2D eigenvalue weighted by Crippen LogP contribution is 2.33. The van der Waals surface area contributed by atoms with Gasteiger partial charge in [0.05, 0.1) is 5.69 Å². The van der Waals surface area contributed by atoms with Crippen LogP contribution in [0, 0.1) is 0 Å². The molecule has 4 heteroatoms. The third kappa shape index (κ3) is 2.84. The molecule has 0 spiro atoms. The zero-order valence-electron chi connectivity index (χ0n) is 11.7. The Morgan fingerprint density at radius 2 is 1.95 bits per heavy atom. The van der Waals surface area contributed by atoms with Crippen molar-refractivity contribution in [2.24, 2.45) is 7.05 Å². The Labute approximate surface area is 122 Å². The average molecular weight is 322 g/mol. The topological polar surface area (TPSA) is 43.8 Å². The van der Waals surface area contributed by atoms with E-state index in [0.29, 0.717) is 11.7 Å². The average Bonchev–Trinajstić information content (AvgIpc) is 2.73. The van der Waals surface area contributed by atoms with Crippen molar-refractivity contribution in [1.82, 2.24) is 9.78 Å². The van der Waals surface area contributed by atoms with Gasteiger partial charge in [-0.1, -0.05) is 41.9 Å². The summed E-state index contributed by atoms with van der Waals surface area (Å²) in [7, 11) is 1.85. The van der Waals surface area contributed by atoms with Crippen LogP contribution >= 0.6 is 15.9 Å². The molecule has 102 valence electrons. The van der Waals surface area contributed by atoms with Crippen molar-refractivity contribution in [2.75, 3.05) is 5.73 Å². The van der Waals surface area contributed by atoms with Gasteiger partial charge in [0.25, 0.3) is 0 Å². The molecule has 2 rings (SSSR count). The predicted octanol–water partition coefficient (Wildman–Crippen LogP) is 4.34. The summed E-state index contributed by atoms with van der Waals surface area (Å²) in [5.41, 5.74) is 9.20. The SMILES string of the molecule is CCC(CC)c1ccc(-c2cc(N)n(C)n2)cc1Br. The largest absolute Gasteiger partial charge is 0.384 e. The third-order valence-corrected chi connectivity index (χ3v) is 4.32. The van der Waals surface area contributed by atoms with Crippen LogP contribution < -0.4 is 5.73 Å². The van der Waals surface area contributed by atoms with E-state index in [4.69, 9.17) is 5.73 Å². The fourth-order valence-corrected chi connectivity index (χ4v) is 3.07. The van der Waals surface area contributed by atoms with Crippen molar-refractivity contribution in [3.05, 3.63) is 34.3 Å². The molecule has 0 atom stereocenters. The first-order valence-corrected chi connectivity index (χ1v) is 7.45. The number of halogens is 1. The Kier molecular flexibility index (Phi) is 4.30. The van der Waals surface area contributed by atoms with Crippen LogP contribution in [-0.4, -0.2) is 9.78 Å². The molecule has 1 aromatic carbocycles. The maximum Gasteiger partial charge on any atom is 0.121 e. The summed E-state index contributed by atoms with van der Waals surface area (Å²) in [5.74, 6) is 1.28. The molecule has 1 aromatic heterocycles. The van der Waals surface area contributed by atoms with Gasteiger partial charge < -0.3 is 5.73 Å². The summed E-state index contributed by atoms with van der Waals surface area (Å²) in [4.78, 5) is 0. The molecule has 0 aliphatic heterocycles. The minimum atomic E-state index is 0.609. The Bertz CT molecular complexity index is 551. The zero-order chi connectivity index (χ0) is 14.0. The van der Waals surface area contributed by atoms with Crippen molar-refractivity contribution in [2.45, 2.75) is 32.6 Å². The normalized spacial score (nSPS) is 11.2. The molecule has 0 aliphatic carbocycles. The van der Waals surface area contributed by atoms with E-state index in [9.17, 15) is 0 Å². The van der Waals surface area contributed by atoms with Crippen LogP contribution in [0.1, 0.15) is 38.2 Å². The second kappa shape index (κ2) is 5.78. The second-order valence-corrected chi connectivity index (χ2v) is 5.68. The molecule has 0 amide bonds. The molecule has 2 N–H and O–H groups in total. The zero-order valence-corrected chi connectivity index (χ0v) is 13.2. The van der Waals surface area contributed by atoms with E-state index < -0.39 is 0 Å².